The van der Waals surface area contributed by atoms with Gasteiger partial charge in [-0.05, 0) is 30.4 Å². The fourth-order valence-electron chi connectivity index (χ4n) is 1.79. The van der Waals surface area contributed by atoms with Crippen molar-refractivity contribution in [1.82, 2.24) is 4.98 Å². The van der Waals surface area contributed by atoms with Gasteiger partial charge in [-0.2, -0.15) is 0 Å². The van der Waals surface area contributed by atoms with Gasteiger partial charge in [-0.3, -0.25) is 9.78 Å². The van der Waals surface area contributed by atoms with Gasteiger partial charge < -0.3 is 5.11 Å². The quantitative estimate of drug-likeness (QED) is 0.747. The number of carboxylic acids is 1. The summed E-state index contributed by atoms with van der Waals surface area (Å²) < 4.78 is 0. The highest BCUT2D eigenvalue weighted by molar-refractivity contribution is 5.72. The molecule has 0 bridgehead atoms. The lowest BCUT2D eigenvalue weighted by Gasteiger charge is -2.33. The van der Waals surface area contributed by atoms with E-state index in [4.69, 9.17) is 5.11 Å². The number of hydrogen-bond acceptors (Lipinski definition) is 2. The molecule has 3 nitrogen and oxygen atoms in total. The highest BCUT2D eigenvalue weighted by atomic mass is 16.4. The molecule has 1 fully saturated rings. The zero-order valence-electron chi connectivity index (χ0n) is 7.18. The third-order valence-corrected chi connectivity index (χ3v) is 2.70. The average Bonchev–Trinajstić information content (AvgIpc) is 2.02. The van der Waals surface area contributed by atoms with Crippen molar-refractivity contribution in [1.29, 1.82) is 0 Å². The first kappa shape index (κ1) is 8.23. The number of aromatic nitrogens is 1. The lowest BCUT2D eigenvalue weighted by Crippen LogP contribution is -2.30. The first-order valence-electron chi connectivity index (χ1n) is 4.42. The maximum atomic E-state index is 10.7. The van der Waals surface area contributed by atoms with Crippen molar-refractivity contribution in [2.24, 2.45) is 5.92 Å². The molecule has 13 heavy (non-hydrogen) atoms. The maximum absolute atomic E-state index is 10.7. The van der Waals surface area contributed by atoms with Crippen LogP contribution in [-0.2, 0) is 4.79 Å². The lowest BCUT2D eigenvalue weighted by atomic mass is 9.70. The topological polar surface area (TPSA) is 50.2 Å². The maximum Gasteiger partial charge on any atom is 0.307 e. The standard InChI is InChI=1S/C10H11NO2/c12-10(13)9-4-3-8(9)7-2-1-5-11-6-7/h1-2,5-6,8-9H,3-4H2,(H,12,13). The van der Waals surface area contributed by atoms with E-state index in [0.29, 0.717) is 0 Å². The molecule has 0 spiro atoms. The van der Waals surface area contributed by atoms with Gasteiger partial charge in [-0.1, -0.05) is 6.07 Å². The fraction of sp³-hybridized carbons (Fsp3) is 0.400. The molecule has 2 atom stereocenters. The van der Waals surface area contributed by atoms with Gasteiger partial charge in [0.25, 0.3) is 0 Å². The van der Waals surface area contributed by atoms with Crippen LogP contribution < -0.4 is 0 Å². The van der Waals surface area contributed by atoms with Crippen molar-refractivity contribution < 1.29 is 9.90 Å². The molecule has 1 aliphatic rings. The van der Waals surface area contributed by atoms with Crippen LogP contribution in [0, 0.1) is 5.92 Å². The van der Waals surface area contributed by atoms with Crippen LogP contribution in [0.5, 0.6) is 0 Å². The summed E-state index contributed by atoms with van der Waals surface area (Å²) in [6.07, 6.45) is 5.25. The predicted octanol–water partition coefficient (Wildman–Crippen LogP) is 1.66. The van der Waals surface area contributed by atoms with Crippen molar-refractivity contribution in [3.63, 3.8) is 0 Å². The molecule has 1 aromatic rings. The molecule has 1 N–H and O–H groups in total. The molecule has 1 aromatic heterocycles. The van der Waals surface area contributed by atoms with Crippen molar-refractivity contribution in [2.75, 3.05) is 0 Å². The monoisotopic (exact) mass is 177 g/mol. The number of carboxylic acid groups (broad SMARTS) is 1. The van der Waals surface area contributed by atoms with Crippen LogP contribution in [0.4, 0.5) is 0 Å². The largest absolute Gasteiger partial charge is 0.481 e. The Morgan fingerprint density at radius 3 is 2.85 bits per heavy atom. The molecular formula is C10H11NO2. The van der Waals surface area contributed by atoms with E-state index in [9.17, 15) is 4.79 Å². The number of rotatable bonds is 2. The van der Waals surface area contributed by atoms with Gasteiger partial charge in [0, 0.05) is 12.4 Å². The zero-order valence-corrected chi connectivity index (χ0v) is 7.18. The minimum Gasteiger partial charge on any atom is -0.481 e. The molecule has 0 saturated heterocycles. The Morgan fingerprint density at radius 2 is 2.38 bits per heavy atom. The highest BCUT2D eigenvalue weighted by Crippen LogP contribution is 2.42. The van der Waals surface area contributed by atoms with Crippen molar-refractivity contribution in [2.45, 2.75) is 18.8 Å². The van der Waals surface area contributed by atoms with Crippen LogP contribution in [-0.4, -0.2) is 16.1 Å². The number of aliphatic carboxylic acids is 1. The molecule has 0 aromatic carbocycles. The van der Waals surface area contributed by atoms with Crippen LogP contribution >= 0.6 is 0 Å². The third kappa shape index (κ3) is 1.41. The second-order valence-corrected chi connectivity index (χ2v) is 3.41. The Morgan fingerprint density at radius 1 is 1.54 bits per heavy atom. The van der Waals surface area contributed by atoms with Crippen molar-refractivity contribution in [3.8, 4) is 0 Å². The summed E-state index contributed by atoms with van der Waals surface area (Å²) in [7, 11) is 0. The van der Waals surface area contributed by atoms with Crippen LogP contribution in [0.3, 0.4) is 0 Å². The Labute approximate surface area is 76.4 Å². The first-order chi connectivity index (χ1) is 6.29. The Balaban J connectivity index is 2.15. The van der Waals surface area contributed by atoms with E-state index in [0.717, 1.165) is 18.4 Å². The van der Waals surface area contributed by atoms with Crippen molar-refractivity contribution >= 4 is 5.97 Å². The van der Waals surface area contributed by atoms with Crippen LogP contribution in [0.25, 0.3) is 0 Å². The van der Waals surface area contributed by atoms with Crippen LogP contribution in [0.1, 0.15) is 24.3 Å². The van der Waals surface area contributed by atoms with Crippen LogP contribution in [0.15, 0.2) is 24.5 Å². The summed E-state index contributed by atoms with van der Waals surface area (Å²) in [5, 5.41) is 8.84. The lowest BCUT2D eigenvalue weighted by molar-refractivity contribution is -0.145. The molecule has 0 amide bonds. The highest BCUT2D eigenvalue weighted by Gasteiger charge is 2.37. The normalized spacial score (nSPS) is 26.5. The first-order valence-corrected chi connectivity index (χ1v) is 4.42. The van der Waals surface area contributed by atoms with E-state index in [2.05, 4.69) is 4.98 Å². The van der Waals surface area contributed by atoms with Gasteiger partial charge in [0.2, 0.25) is 0 Å². The predicted molar refractivity (Wildman–Crippen MR) is 47.3 cm³/mol. The van der Waals surface area contributed by atoms with Gasteiger partial charge in [-0.15, -0.1) is 0 Å². The molecule has 2 unspecified atom stereocenters. The zero-order chi connectivity index (χ0) is 9.26. The molecule has 0 radical (unpaired) electrons. The van der Waals surface area contributed by atoms with Gasteiger partial charge in [0.05, 0.1) is 5.92 Å². The van der Waals surface area contributed by atoms with Crippen molar-refractivity contribution in [3.05, 3.63) is 30.1 Å². The summed E-state index contributed by atoms with van der Waals surface area (Å²) in [5.41, 5.74) is 1.06. The SMILES string of the molecule is O=C(O)C1CCC1c1cccnc1. The van der Waals surface area contributed by atoms with Gasteiger partial charge in [0.15, 0.2) is 0 Å². The summed E-state index contributed by atoms with van der Waals surface area (Å²) in [6, 6.07) is 3.80. The van der Waals surface area contributed by atoms with Crippen LogP contribution in [0.2, 0.25) is 0 Å². The number of pyridine rings is 1. The Hall–Kier alpha value is -1.38. The van der Waals surface area contributed by atoms with Gasteiger partial charge >= 0.3 is 5.97 Å². The van der Waals surface area contributed by atoms with Gasteiger partial charge in [0.1, 0.15) is 0 Å². The van der Waals surface area contributed by atoms with E-state index >= 15 is 0 Å². The summed E-state index contributed by atoms with van der Waals surface area (Å²) in [4.78, 5) is 14.7. The molecule has 0 aliphatic heterocycles. The number of carbonyl (C=O) groups is 1. The molecule has 1 heterocycles. The summed E-state index contributed by atoms with van der Waals surface area (Å²) in [6.45, 7) is 0. The Kier molecular flexibility index (Phi) is 2.00. The number of nitrogens with zero attached hydrogens (tertiary/aromatic N) is 1. The van der Waals surface area contributed by atoms with E-state index in [1.165, 1.54) is 0 Å². The van der Waals surface area contributed by atoms with E-state index in [1.807, 2.05) is 12.1 Å². The second-order valence-electron chi connectivity index (χ2n) is 3.41. The van der Waals surface area contributed by atoms with E-state index < -0.39 is 5.97 Å². The van der Waals surface area contributed by atoms with E-state index in [-0.39, 0.29) is 11.8 Å². The smallest absolute Gasteiger partial charge is 0.307 e. The molecule has 2 rings (SSSR count). The average molecular weight is 177 g/mol. The Bertz CT molecular complexity index is 310. The minimum atomic E-state index is -0.680. The molecular weight excluding hydrogens is 166 g/mol. The second kappa shape index (κ2) is 3.17. The third-order valence-electron chi connectivity index (χ3n) is 2.70. The van der Waals surface area contributed by atoms with Gasteiger partial charge in [-0.25, -0.2) is 0 Å². The summed E-state index contributed by atoms with van der Waals surface area (Å²) in [5.74, 6) is -0.685. The minimum absolute atomic E-state index is 0.186. The molecule has 3 heteroatoms. The number of hydrogen-bond donors (Lipinski definition) is 1. The molecule has 1 saturated carbocycles. The molecule has 1 aliphatic carbocycles. The van der Waals surface area contributed by atoms with E-state index in [1.54, 1.807) is 12.4 Å². The fourth-order valence-corrected chi connectivity index (χ4v) is 1.79. The molecule has 68 valence electrons. The summed E-state index contributed by atoms with van der Waals surface area (Å²) >= 11 is 0.